The van der Waals surface area contributed by atoms with Gasteiger partial charge in [0.2, 0.25) is 5.91 Å². The minimum Gasteiger partial charge on any atom is -0.368 e. The summed E-state index contributed by atoms with van der Waals surface area (Å²) in [5.41, 5.74) is 0.904. The van der Waals surface area contributed by atoms with Crippen molar-refractivity contribution in [3.8, 4) is 0 Å². The second-order valence-electron chi connectivity index (χ2n) is 8.19. The van der Waals surface area contributed by atoms with Gasteiger partial charge in [-0.25, -0.2) is 4.39 Å². The Balaban J connectivity index is 1.68. The first-order chi connectivity index (χ1) is 14.3. The second kappa shape index (κ2) is 12.5. The van der Waals surface area contributed by atoms with Crippen LogP contribution in [0.4, 0.5) is 4.39 Å². The summed E-state index contributed by atoms with van der Waals surface area (Å²) in [6.45, 7) is 2.18. The minimum absolute atomic E-state index is 0.0462. The van der Waals surface area contributed by atoms with Crippen molar-refractivity contribution in [2.24, 2.45) is 0 Å². The molecule has 1 fully saturated rings. The lowest BCUT2D eigenvalue weighted by Gasteiger charge is -2.36. The van der Waals surface area contributed by atoms with E-state index in [0.29, 0.717) is 19.3 Å². The summed E-state index contributed by atoms with van der Waals surface area (Å²) in [7, 11) is 0.995. The summed E-state index contributed by atoms with van der Waals surface area (Å²) in [5, 5.41) is 12.5. The first kappa shape index (κ1) is 24.9. The highest BCUT2D eigenvalue weighted by Crippen LogP contribution is 2.22. The molecule has 0 aliphatic carbocycles. The molecule has 0 bridgehead atoms. The van der Waals surface area contributed by atoms with Crippen molar-refractivity contribution in [1.29, 1.82) is 0 Å². The molecule has 1 aromatic rings. The molecule has 5 unspecified atom stereocenters. The standard InChI is InChI=1S/C22H35FN2O4S/c1-16-12-19(14-22(27)29-16)25(2)11-5-4-6-21(26)24-18(15-23)13-17-7-9-20(10-8-17)30(3)28/h7-10,16,18-19,22,27H,4-6,11-15H2,1-3H3,(H,24,26). The molecule has 1 heterocycles. The molecular formula is C22H35FN2O4S. The highest BCUT2D eigenvalue weighted by Gasteiger charge is 2.28. The van der Waals surface area contributed by atoms with Crippen molar-refractivity contribution in [3.05, 3.63) is 29.8 Å². The zero-order valence-corrected chi connectivity index (χ0v) is 19.0. The van der Waals surface area contributed by atoms with Gasteiger partial charge in [-0.2, -0.15) is 0 Å². The van der Waals surface area contributed by atoms with Crippen LogP contribution in [0, 0.1) is 0 Å². The summed E-state index contributed by atoms with van der Waals surface area (Å²) >= 11 is 0. The number of nitrogens with one attached hydrogen (secondary N) is 1. The van der Waals surface area contributed by atoms with Crippen molar-refractivity contribution >= 4 is 16.7 Å². The quantitative estimate of drug-likeness (QED) is 0.515. The van der Waals surface area contributed by atoms with E-state index < -0.39 is 29.8 Å². The van der Waals surface area contributed by atoms with Gasteiger partial charge in [0.15, 0.2) is 6.29 Å². The Morgan fingerprint density at radius 1 is 1.33 bits per heavy atom. The van der Waals surface area contributed by atoms with Gasteiger partial charge >= 0.3 is 0 Å². The van der Waals surface area contributed by atoms with Gasteiger partial charge in [0.1, 0.15) is 6.67 Å². The van der Waals surface area contributed by atoms with E-state index in [9.17, 15) is 18.5 Å². The number of carbonyl (C=O) groups is 1. The number of unbranched alkanes of at least 4 members (excludes halogenated alkanes) is 1. The van der Waals surface area contributed by atoms with Crippen LogP contribution in [0.1, 0.15) is 44.6 Å². The van der Waals surface area contributed by atoms with Crippen LogP contribution in [0.15, 0.2) is 29.2 Å². The van der Waals surface area contributed by atoms with Crippen molar-refractivity contribution in [1.82, 2.24) is 10.2 Å². The topological polar surface area (TPSA) is 78.9 Å². The summed E-state index contributed by atoms with van der Waals surface area (Å²) in [5.74, 6) is -0.137. The lowest BCUT2D eigenvalue weighted by Crippen LogP contribution is -2.43. The molecule has 0 radical (unpaired) electrons. The van der Waals surface area contributed by atoms with Crippen LogP contribution < -0.4 is 5.32 Å². The Hall–Kier alpha value is -1.35. The number of alkyl halides is 1. The predicted molar refractivity (Wildman–Crippen MR) is 116 cm³/mol. The molecule has 2 N–H and O–H groups in total. The molecule has 0 saturated carbocycles. The molecule has 1 aromatic carbocycles. The lowest BCUT2D eigenvalue weighted by molar-refractivity contribution is -0.173. The van der Waals surface area contributed by atoms with E-state index in [1.54, 1.807) is 18.4 Å². The molecule has 1 amide bonds. The van der Waals surface area contributed by atoms with E-state index in [1.165, 1.54) is 0 Å². The fourth-order valence-electron chi connectivity index (χ4n) is 3.83. The van der Waals surface area contributed by atoms with Crippen molar-refractivity contribution < 1.29 is 23.2 Å². The van der Waals surface area contributed by atoms with E-state index in [1.807, 2.05) is 26.1 Å². The summed E-state index contributed by atoms with van der Waals surface area (Å²) in [6.07, 6.45) is 4.82. The molecule has 0 aromatic heterocycles. The van der Waals surface area contributed by atoms with Crippen molar-refractivity contribution in [2.75, 3.05) is 26.5 Å². The molecule has 170 valence electrons. The van der Waals surface area contributed by atoms with E-state index in [2.05, 4.69) is 10.2 Å². The normalized spacial score (nSPS) is 23.9. The van der Waals surface area contributed by atoms with Gasteiger partial charge in [-0.15, -0.1) is 0 Å². The second-order valence-corrected chi connectivity index (χ2v) is 9.56. The molecule has 30 heavy (non-hydrogen) atoms. The van der Waals surface area contributed by atoms with Gasteiger partial charge in [-0.05, 0) is 63.9 Å². The van der Waals surface area contributed by atoms with Crippen LogP contribution >= 0.6 is 0 Å². The van der Waals surface area contributed by atoms with Gasteiger partial charge in [-0.3, -0.25) is 9.00 Å². The Kier molecular flexibility index (Phi) is 10.4. The Bertz CT molecular complexity index is 678. The SMILES string of the molecule is CC1CC(N(C)CCCCC(=O)NC(CF)Cc2ccc(S(C)=O)cc2)CC(O)O1. The number of amides is 1. The third-order valence-electron chi connectivity index (χ3n) is 5.54. The third-order valence-corrected chi connectivity index (χ3v) is 6.48. The Morgan fingerprint density at radius 2 is 2.03 bits per heavy atom. The number of rotatable bonds is 11. The van der Waals surface area contributed by atoms with E-state index in [-0.39, 0.29) is 18.1 Å². The Labute approximate surface area is 181 Å². The van der Waals surface area contributed by atoms with Gasteiger partial charge in [0.05, 0.1) is 12.1 Å². The first-order valence-electron chi connectivity index (χ1n) is 10.6. The number of nitrogens with zero attached hydrogens (tertiary/aromatic N) is 1. The molecule has 5 atom stereocenters. The Morgan fingerprint density at radius 3 is 2.63 bits per heavy atom. The summed E-state index contributed by atoms with van der Waals surface area (Å²) in [4.78, 5) is 15.1. The molecule has 6 nitrogen and oxygen atoms in total. The fraction of sp³-hybridized carbons (Fsp3) is 0.682. The molecule has 1 saturated heterocycles. The zero-order valence-electron chi connectivity index (χ0n) is 18.2. The summed E-state index contributed by atoms with van der Waals surface area (Å²) in [6, 6.07) is 6.94. The first-order valence-corrected chi connectivity index (χ1v) is 12.2. The van der Waals surface area contributed by atoms with E-state index in [4.69, 9.17) is 4.74 Å². The predicted octanol–water partition coefficient (Wildman–Crippen LogP) is 2.41. The number of ether oxygens (including phenoxy) is 1. The smallest absolute Gasteiger partial charge is 0.220 e. The van der Waals surface area contributed by atoms with Crippen LogP contribution in [-0.2, 0) is 26.8 Å². The maximum absolute atomic E-state index is 13.4. The number of hydrogen-bond acceptors (Lipinski definition) is 5. The maximum Gasteiger partial charge on any atom is 0.220 e. The van der Waals surface area contributed by atoms with E-state index in [0.717, 1.165) is 36.3 Å². The van der Waals surface area contributed by atoms with Gasteiger partial charge in [-0.1, -0.05) is 12.1 Å². The van der Waals surface area contributed by atoms with E-state index >= 15 is 0 Å². The van der Waals surface area contributed by atoms with Gasteiger partial charge < -0.3 is 20.1 Å². The molecule has 1 aliphatic rings. The average molecular weight is 443 g/mol. The van der Waals surface area contributed by atoms with Crippen LogP contribution in [0.3, 0.4) is 0 Å². The zero-order chi connectivity index (χ0) is 22.1. The number of halogens is 1. The van der Waals surface area contributed by atoms with Crippen molar-refractivity contribution in [2.45, 2.75) is 74.8 Å². The molecular weight excluding hydrogens is 407 g/mol. The highest BCUT2D eigenvalue weighted by atomic mass is 32.2. The lowest BCUT2D eigenvalue weighted by atomic mass is 10.0. The maximum atomic E-state index is 13.4. The molecule has 8 heteroatoms. The van der Waals surface area contributed by atoms with Gasteiger partial charge in [0.25, 0.3) is 0 Å². The van der Waals surface area contributed by atoms with Crippen LogP contribution in [0.5, 0.6) is 0 Å². The number of benzene rings is 1. The number of hydrogen-bond donors (Lipinski definition) is 2. The van der Waals surface area contributed by atoms with Gasteiger partial charge in [0, 0.05) is 40.8 Å². The molecule has 1 aliphatic heterocycles. The molecule has 0 spiro atoms. The average Bonchev–Trinajstić information content (AvgIpc) is 2.70. The third kappa shape index (κ3) is 8.41. The van der Waals surface area contributed by atoms with Crippen LogP contribution in [-0.4, -0.2) is 71.1 Å². The molecule has 2 rings (SSSR count). The van der Waals surface area contributed by atoms with Crippen LogP contribution in [0.2, 0.25) is 0 Å². The number of aliphatic hydroxyl groups excluding tert-OH is 1. The van der Waals surface area contributed by atoms with Crippen LogP contribution in [0.25, 0.3) is 0 Å². The van der Waals surface area contributed by atoms with Crippen molar-refractivity contribution in [3.63, 3.8) is 0 Å². The summed E-state index contributed by atoms with van der Waals surface area (Å²) < 4.78 is 30.2. The fourth-order valence-corrected chi connectivity index (χ4v) is 4.35. The largest absolute Gasteiger partial charge is 0.368 e. The monoisotopic (exact) mass is 442 g/mol. The number of aliphatic hydroxyl groups is 1. The minimum atomic E-state index is -1.04. The number of carbonyl (C=O) groups excluding carboxylic acids is 1. The highest BCUT2D eigenvalue weighted by molar-refractivity contribution is 7.84.